The van der Waals surface area contributed by atoms with Crippen LogP contribution in [0.1, 0.15) is 41.3 Å². The zero-order chi connectivity index (χ0) is 15.7. The van der Waals surface area contributed by atoms with Crippen molar-refractivity contribution in [2.75, 3.05) is 6.54 Å². The maximum atomic E-state index is 12.8. The Morgan fingerprint density at radius 1 is 1.29 bits per heavy atom. The molecule has 5 heteroatoms. The van der Waals surface area contributed by atoms with Crippen molar-refractivity contribution in [1.29, 1.82) is 0 Å². The Labute approximate surface area is 133 Å². The fourth-order valence-corrected chi connectivity index (χ4v) is 3.38. The third kappa shape index (κ3) is 3.12. The molecule has 0 spiro atoms. The molecule has 1 fully saturated rings. The highest BCUT2D eigenvalue weighted by molar-refractivity contribution is 9.10. The Morgan fingerprint density at radius 3 is 2.57 bits per heavy atom. The topological polar surface area (TPSA) is 57.6 Å². The van der Waals surface area contributed by atoms with Crippen LogP contribution in [0.15, 0.2) is 16.6 Å². The van der Waals surface area contributed by atoms with Gasteiger partial charge in [0.25, 0.3) is 5.91 Å². The Hall–Kier alpha value is -1.36. The van der Waals surface area contributed by atoms with Crippen LogP contribution in [0.3, 0.4) is 0 Å². The van der Waals surface area contributed by atoms with Crippen molar-refractivity contribution in [3.63, 3.8) is 0 Å². The summed E-state index contributed by atoms with van der Waals surface area (Å²) in [5.41, 5.74) is 2.57. The van der Waals surface area contributed by atoms with Crippen molar-refractivity contribution in [2.24, 2.45) is 5.92 Å². The summed E-state index contributed by atoms with van der Waals surface area (Å²) in [6, 6.07) is 3.54. The number of carboxylic acid groups (broad SMARTS) is 1. The molecule has 1 aromatic rings. The number of likely N-dealkylation sites (tertiary alicyclic amines) is 1. The van der Waals surface area contributed by atoms with Crippen LogP contribution >= 0.6 is 15.9 Å². The van der Waals surface area contributed by atoms with E-state index in [1.54, 1.807) is 4.90 Å². The van der Waals surface area contributed by atoms with E-state index in [2.05, 4.69) is 15.9 Å². The van der Waals surface area contributed by atoms with Gasteiger partial charge < -0.3 is 10.0 Å². The minimum Gasteiger partial charge on any atom is -0.481 e. The van der Waals surface area contributed by atoms with Gasteiger partial charge in [-0.3, -0.25) is 9.59 Å². The molecule has 21 heavy (non-hydrogen) atoms. The zero-order valence-electron chi connectivity index (χ0n) is 12.5. The molecule has 0 aliphatic carbocycles. The maximum Gasteiger partial charge on any atom is 0.308 e. The molecule has 1 N–H and O–H groups in total. The standard InChI is InChI=1S/C16H20BrNO3/c1-9-8-14(17)10(2)7-13(9)15(19)18-6-4-5-12(11(18)3)16(20)21/h7-8,11-12H,4-6H2,1-3H3,(H,20,21)/t11-,12-/m1/s1. The highest BCUT2D eigenvalue weighted by atomic mass is 79.9. The summed E-state index contributed by atoms with van der Waals surface area (Å²) in [5.74, 6) is -1.36. The molecule has 1 saturated heterocycles. The summed E-state index contributed by atoms with van der Waals surface area (Å²) < 4.78 is 0.978. The highest BCUT2D eigenvalue weighted by Crippen LogP contribution is 2.28. The van der Waals surface area contributed by atoms with Crippen molar-refractivity contribution in [1.82, 2.24) is 4.90 Å². The molecule has 0 aromatic heterocycles. The lowest BCUT2D eigenvalue weighted by atomic mass is 9.89. The van der Waals surface area contributed by atoms with Gasteiger partial charge in [-0.1, -0.05) is 15.9 Å². The summed E-state index contributed by atoms with van der Waals surface area (Å²) in [6.45, 7) is 6.30. The van der Waals surface area contributed by atoms with Crippen LogP contribution in [0.5, 0.6) is 0 Å². The predicted molar refractivity (Wildman–Crippen MR) is 84.5 cm³/mol. The van der Waals surface area contributed by atoms with Crippen LogP contribution in [0.2, 0.25) is 0 Å². The van der Waals surface area contributed by atoms with Gasteiger partial charge in [-0.15, -0.1) is 0 Å². The molecule has 4 nitrogen and oxygen atoms in total. The second kappa shape index (κ2) is 6.18. The van der Waals surface area contributed by atoms with Gasteiger partial charge in [-0.05, 0) is 56.9 Å². The summed E-state index contributed by atoms with van der Waals surface area (Å²) >= 11 is 3.46. The van der Waals surface area contributed by atoms with Crippen molar-refractivity contribution in [3.05, 3.63) is 33.3 Å². The van der Waals surface area contributed by atoms with E-state index in [9.17, 15) is 14.7 Å². The number of benzene rings is 1. The van der Waals surface area contributed by atoms with Gasteiger partial charge in [0.2, 0.25) is 0 Å². The second-order valence-corrected chi connectivity index (χ2v) is 6.60. The van der Waals surface area contributed by atoms with E-state index in [-0.39, 0.29) is 11.9 Å². The Morgan fingerprint density at radius 2 is 1.95 bits per heavy atom. The van der Waals surface area contributed by atoms with Crippen LogP contribution < -0.4 is 0 Å². The molecule has 2 atom stereocenters. The molecular weight excluding hydrogens is 334 g/mol. The van der Waals surface area contributed by atoms with Crippen LogP contribution in [0.4, 0.5) is 0 Å². The van der Waals surface area contributed by atoms with E-state index in [0.29, 0.717) is 18.5 Å². The van der Waals surface area contributed by atoms with Crippen molar-refractivity contribution in [2.45, 2.75) is 39.7 Å². The smallest absolute Gasteiger partial charge is 0.308 e. The molecule has 0 bridgehead atoms. The number of hydrogen-bond donors (Lipinski definition) is 1. The maximum absolute atomic E-state index is 12.8. The fourth-order valence-electron chi connectivity index (χ4n) is 2.93. The number of aryl methyl sites for hydroxylation is 2. The van der Waals surface area contributed by atoms with Crippen molar-refractivity contribution < 1.29 is 14.7 Å². The molecular formula is C16H20BrNO3. The van der Waals surface area contributed by atoms with E-state index in [4.69, 9.17) is 0 Å². The first kappa shape index (κ1) is 16.0. The van der Waals surface area contributed by atoms with E-state index >= 15 is 0 Å². The Balaban J connectivity index is 2.31. The Bertz CT molecular complexity index is 585. The van der Waals surface area contributed by atoms with Gasteiger partial charge in [0.05, 0.1) is 5.92 Å². The number of aliphatic carboxylic acids is 1. The van der Waals surface area contributed by atoms with Crippen LogP contribution in [0.25, 0.3) is 0 Å². The number of hydrogen-bond acceptors (Lipinski definition) is 2. The lowest BCUT2D eigenvalue weighted by Crippen LogP contribution is -2.49. The van der Waals surface area contributed by atoms with Crippen LogP contribution in [-0.2, 0) is 4.79 Å². The van der Waals surface area contributed by atoms with E-state index in [1.807, 2.05) is 32.9 Å². The van der Waals surface area contributed by atoms with E-state index in [0.717, 1.165) is 22.0 Å². The average Bonchev–Trinajstić information content (AvgIpc) is 2.42. The number of carbonyl (C=O) groups excluding carboxylic acids is 1. The largest absolute Gasteiger partial charge is 0.481 e. The fraction of sp³-hybridized carbons (Fsp3) is 0.500. The number of nitrogens with zero attached hydrogens (tertiary/aromatic N) is 1. The minimum atomic E-state index is -0.816. The highest BCUT2D eigenvalue weighted by Gasteiger charge is 2.36. The average molecular weight is 354 g/mol. The quantitative estimate of drug-likeness (QED) is 0.886. The SMILES string of the molecule is Cc1cc(C(=O)N2CCC[C@@H](C(=O)O)[C@H]2C)c(C)cc1Br. The van der Waals surface area contributed by atoms with Crippen LogP contribution in [0, 0.1) is 19.8 Å². The summed E-state index contributed by atoms with van der Waals surface area (Å²) in [6.07, 6.45) is 1.38. The van der Waals surface area contributed by atoms with E-state index in [1.165, 1.54) is 0 Å². The summed E-state index contributed by atoms with van der Waals surface area (Å²) in [4.78, 5) is 25.8. The van der Waals surface area contributed by atoms with Crippen molar-refractivity contribution in [3.8, 4) is 0 Å². The van der Waals surface area contributed by atoms with Crippen molar-refractivity contribution >= 4 is 27.8 Å². The molecule has 1 aliphatic heterocycles. The van der Waals surface area contributed by atoms with Gasteiger partial charge in [-0.25, -0.2) is 0 Å². The van der Waals surface area contributed by atoms with Gasteiger partial charge in [-0.2, -0.15) is 0 Å². The van der Waals surface area contributed by atoms with Gasteiger partial charge >= 0.3 is 5.97 Å². The first-order valence-electron chi connectivity index (χ1n) is 7.13. The van der Waals surface area contributed by atoms with Gasteiger partial charge in [0.1, 0.15) is 0 Å². The Kier molecular flexibility index (Phi) is 4.71. The normalized spacial score (nSPS) is 22.2. The van der Waals surface area contributed by atoms with E-state index < -0.39 is 11.9 Å². The lowest BCUT2D eigenvalue weighted by molar-refractivity contribution is -0.144. The minimum absolute atomic E-state index is 0.0680. The molecule has 0 radical (unpaired) electrons. The number of rotatable bonds is 2. The van der Waals surface area contributed by atoms with Gasteiger partial charge in [0, 0.05) is 22.6 Å². The molecule has 0 saturated carbocycles. The third-order valence-electron chi connectivity index (χ3n) is 4.30. The van der Waals surface area contributed by atoms with Gasteiger partial charge in [0.15, 0.2) is 0 Å². The number of halogens is 1. The number of amides is 1. The second-order valence-electron chi connectivity index (χ2n) is 5.74. The number of carboxylic acids is 1. The molecule has 1 aliphatic rings. The summed E-state index contributed by atoms with van der Waals surface area (Å²) in [7, 11) is 0. The third-order valence-corrected chi connectivity index (χ3v) is 5.16. The molecule has 0 unspecified atom stereocenters. The van der Waals surface area contributed by atoms with Crippen LogP contribution in [-0.4, -0.2) is 34.5 Å². The zero-order valence-corrected chi connectivity index (χ0v) is 14.1. The first-order valence-corrected chi connectivity index (χ1v) is 7.92. The molecule has 1 aromatic carbocycles. The predicted octanol–water partition coefficient (Wildman–Crippen LogP) is 3.39. The monoisotopic (exact) mass is 353 g/mol. The molecule has 1 amide bonds. The summed E-state index contributed by atoms with van der Waals surface area (Å²) in [5, 5.41) is 9.27. The molecule has 1 heterocycles. The first-order chi connectivity index (χ1) is 9.82. The molecule has 2 rings (SSSR count). The number of carbonyl (C=O) groups is 2. The molecule has 114 valence electrons. The number of piperidine rings is 1. The lowest BCUT2D eigenvalue weighted by Gasteiger charge is -2.37.